The molecule has 0 atom stereocenters. The molecular formula is C16H14Cl4N2O4. The molecule has 10 heteroatoms. The van der Waals surface area contributed by atoms with Gasteiger partial charge in [0, 0.05) is 0 Å². The van der Waals surface area contributed by atoms with E-state index in [0.29, 0.717) is 0 Å². The molecule has 0 spiro atoms. The van der Waals surface area contributed by atoms with Gasteiger partial charge in [-0.1, -0.05) is 46.4 Å². The lowest BCUT2D eigenvalue weighted by Gasteiger charge is -2.19. The van der Waals surface area contributed by atoms with E-state index >= 15 is 0 Å². The molecule has 6 nitrogen and oxygen atoms in total. The first kappa shape index (κ1) is 22.4. The van der Waals surface area contributed by atoms with Gasteiger partial charge in [-0.05, 0) is 45.0 Å². The van der Waals surface area contributed by atoms with Gasteiger partial charge >= 0.3 is 11.9 Å². The van der Waals surface area contributed by atoms with E-state index in [2.05, 4.69) is 9.97 Å². The topological polar surface area (TPSA) is 89.4 Å². The van der Waals surface area contributed by atoms with E-state index in [4.69, 9.17) is 56.2 Å². The first-order chi connectivity index (χ1) is 11.9. The summed E-state index contributed by atoms with van der Waals surface area (Å²) >= 11 is 22.2. The Kier molecular flexibility index (Phi) is 8.09. The van der Waals surface area contributed by atoms with Crippen LogP contribution >= 0.6 is 46.4 Å². The van der Waals surface area contributed by atoms with Crippen LogP contribution in [0.5, 0.6) is 0 Å². The van der Waals surface area contributed by atoms with Crippen molar-refractivity contribution in [2.45, 2.75) is 26.4 Å². The summed E-state index contributed by atoms with van der Waals surface area (Å²) in [6.07, 6.45) is 0. The molecule has 0 saturated heterocycles. The number of carboxylic acid groups (broad SMARTS) is 1. The van der Waals surface area contributed by atoms with Gasteiger partial charge in [0.25, 0.3) is 0 Å². The van der Waals surface area contributed by atoms with Gasteiger partial charge in [0.15, 0.2) is 0 Å². The zero-order valence-corrected chi connectivity index (χ0v) is 16.9. The summed E-state index contributed by atoms with van der Waals surface area (Å²) in [5.41, 5.74) is -0.382. The Bertz CT molecular complexity index is 822. The summed E-state index contributed by atoms with van der Waals surface area (Å²) in [6, 6.07) is 5.66. The summed E-state index contributed by atoms with van der Waals surface area (Å²) in [5, 5.41) is 8.87. The fourth-order valence-corrected chi connectivity index (χ4v) is 2.32. The Balaban J connectivity index is 0.000000273. The average molecular weight is 440 g/mol. The zero-order chi connectivity index (χ0) is 20.1. The minimum Gasteiger partial charge on any atom is -0.478 e. The minimum atomic E-state index is -1.11. The fraction of sp³-hybridized carbons (Fsp3) is 0.250. The van der Waals surface area contributed by atoms with Gasteiger partial charge in [0.05, 0.1) is 11.1 Å². The molecule has 0 aromatic carbocycles. The van der Waals surface area contributed by atoms with Gasteiger partial charge in [-0.3, -0.25) is 0 Å². The number of esters is 1. The monoisotopic (exact) mass is 438 g/mol. The van der Waals surface area contributed by atoms with Crippen molar-refractivity contribution in [2.75, 3.05) is 0 Å². The number of aromatic carboxylic acids is 1. The molecule has 0 unspecified atom stereocenters. The Morgan fingerprint density at radius 2 is 1.31 bits per heavy atom. The van der Waals surface area contributed by atoms with E-state index in [1.54, 1.807) is 20.8 Å². The third-order valence-electron chi connectivity index (χ3n) is 2.48. The fourth-order valence-electron chi connectivity index (χ4n) is 1.47. The average Bonchev–Trinajstić information content (AvgIpc) is 2.45. The molecule has 2 aromatic heterocycles. The molecule has 1 N–H and O–H groups in total. The lowest BCUT2D eigenvalue weighted by atomic mass is 10.2. The van der Waals surface area contributed by atoms with Gasteiger partial charge in [-0.25, -0.2) is 19.6 Å². The maximum Gasteiger partial charge on any atom is 0.341 e. The highest BCUT2D eigenvalue weighted by Crippen LogP contribution is 2.20. The van der Waals surface area contributed by atoms with Gasteiger partial charge in [-0.15, -0.1) is 0 Å². The van der Waals surface area contributed by atoms with Crippen LogP contribution in [0.4, 0.5) is 0 Å². The number of carboxylic acids is 1. The van der Waals surface area contributed by atoms with E-state index in [9.17, 15) is 9.59 Å². The zero-order valence-electron chi connectivity index (χ0n) is 13.9. The predicted octanol–water partition coefficient (Wildman–Crippen LogP) is 5.43. The lowest BCUT2D eigenvalue weighted by molar-refractivity contribution is 0.00691. The number of rotatable bonds is 2. The Hall–Kier alpha value is -1.60. The quantitative estimate of drug-likeness (QED) is 0.495. The van der Waals surface area contributed by atoms with Crippen molar-refractivity contribution in [1.82, 2.24) is 9.97 Å². The summed E-state index contributed by atoms with van der Waals surface area (Å²) < 4.78 is 5.14. The Labute approximate surface area is 170 Å². The molecule has 0 fully saturated rings. The second-order valence-electron chi connectivity index (χ2n) is 5.75. The van der Waals surface area contributed by atoms with Crippen molar-refractivity contribution in [3.05, 3.63) is 56.0 Å². The van der Waals surface area contributed by atoms with Crippen molar-refractivity contribution in [3.8, 4) is 0 Å². The second-order valence-corrected chi connectivity index (χ2v) is 7.24. The van der Waals surface area contributed by atoms with Crippen LogP contribution in [0.3, 0.4) is 0 Å². The summed E-state index contributed by atoms with van der Waals surface area (Å²) in [6.45, 7) is 5.34. The number of hydrogen-bond acceptors (Lipinski definition) is 5. The first-order valence-corrected chi connectivity index (χ1v) is 8.52. The Morgan fingerprint density at radius 3 is 1.65 bits per heavy atom. The number of pyridine rings is 2. The number of carbonyl (C=O) groups is 2. The maximum atomic E-state index is 11.6. The van der Waals surface area contributed by atoms with E-state index < -0.39 is 17.5 Å². The molecule has 0 radical (unpaired) electrons. The highest BCUT2D eigenvalue weighted by Gasteiger charge is 2.20. The molecule has 0 aliphatic heterocycles. The van der Waals surface area contributed by atoms with Gasteiger partial charge in [-0.2, -0.15) is 0 Å². The maximum absolute atomic E-state index is 11.6. The number of carbonyl (C=O) groups excluding carboxylic acids is 1. The molecule has 140 valence electrons. The van der Waals surface area contributed by atoms with Crippen LogP contribution in [0.2, 0.25) is 20.6 Å². The number of nitrogens with zero attached hydrogens (tertiary/aromatic N) is 2. The van der Waals surface area contributed by atoms with Crippen LogP contribution in [-0.2, 0) is 4.74 Å². The van der Waals surface area contributed by atoms with E-state index in [1.807, 2.05) is 0 Å². The lowest BCUT2D eigenvalue weighted by Crippen LogP contribution is -2.24. The molecular weight excluding hydrogens is 426 g/mol. The number of aromatic nitrogens is 2. The third-order valence-corrected chi connectivity index (χ3v) is 3.48. The summed E-state index contributed by atoms with van der Waals surface area (Å²) in [4.78, 5) is 29.3. The second kappa shape index (κ2) is 9.37. The van der Waals surface area contributed by atoms with E-state index in [1.165, 1.54) is 24.3 Å². The number of halogens is 4. The van der Waals surface area contributed by atoms with Crippen LogP contribution in [0, 0.1) is 0 Å². The summed E-state index contributed by atoms with van der Waals surface area (Å²) in [7, 11) is 0. The summed E-state index contributed by atoms with van der Waals surface area (Å²) in [5.74, 6) is -1.61. The molecule has 0 amide bonds. The van der Waals surface area contributed by atoms with Crippen LogP contribution < -0.4 is 0 Å². The SMILES string of the molecule is CC(C)(C)OC(=O)c1ccc(Cl)nc1Cl.O=C(O)c1ccc(Cl)nc1Cl. The first-order valence-electron chi connectivity index (χ1n) is 7.01. The van der Waals surface area contributed by atoms with Crippen molar-refractivity contribution in [2.24, 2.45) is 0 Å². The largest absolute Gasteiger partial charge is 0.478 e. The molecule has 0 bridgehead atoms. The Morgan fingerprint density at radius 1 is 0.885 bits per heavy atom. The molecule has 0 saturated carbocycles. The third kappa shape index (κ3) is 7.33. The van der Waals surface area contributed by atoms with Crippen LogP contribution in [0.15, 0.2) is 24.3 Å². The molecule has 2 rings (SSSR count). The molecule has 0 aliphatic rings. The van der Waals surface area contributed by atoms with Crippen LogP contribution in [0.25, 0.3) is 0 Å². The van der Waals surface area contributed by atoms with Gasteiger partial charge < -0.3 is 9.84 Å². The van der Waals surface area contributed by atoms with E-state index in [-0.39, 0.29) is 31.7 Å². The van der Waals surface area contributed by atoms with Crippen molar-refractivity contribution >= 4 is 58.3 Å². The highest BCUT2D eigenvalue weighted by atomic mass is 35.5. The van der Waals surface area contributed by atoms with Crippen molar-refractivity contribution in [3.63, 3.8) is 0 Å². The van der Waals surface area contributed by atoms with Crippen molar-refractivity contribution in [1.29, 1.82) is 0 Å². The molecule has 26 heavy (non-hydrogen) atoms. The molecule has 2 heterocycles. The smallest absolute Gasteiger partial charge is 0.341 e. The standard InChI is InChI=1S/C10H11Cl2NO2.C6H3Cl2NO2/c1-10(2,3)15-9(14)6-4-5-7(11)13-8(6)12;7-4-2-1-3(6(10)11)5(8)9-4/h4-5H,1-3H3;1-2H,(H,10,11). The minimum absolute atomic E-state index is 0.0453. The number of hydrogen-bond donors (Lipinski definition) is 1. The normalized spacial score (nSPS) is 10.6. The van der Waals surface area contributed by atoms with Crippen molar-refractivity contribution < 1.29 is 19.4 Å². The number of ether oxygens (including phenoxy) is 1. The predicted molar refractivity (Wildman–Crippen MR) is 101 cm³/mol. The molecule has 2 aromatic rings. The van der Waals surface area contributed by atoms with Gasteiger partial charge in [0.2, 0.25) is 0 Å². The molecule has 0 aliphatic carbocycles. The van der Waals surface area contributed by atoms with Crippen LogP contribution in [0.1, 0.15) is 41.5 Å². The van der Waals surface area contributed by atoms with Gasteiger partial charge in [0.1, 0.15) is 26.2 Å². The van der Waals surface area contributed by atoms with Crippen LogP contribution in [-0.4, -0.2) is 32.6 Å². The van der Waals surface area contributed by atoms with E-state index in [0.717, 1.165) is 0 Å². The highest BCUT2D eigenvalue weighted by molar-refractivity contribution is 6.35.